The zero-order valence-electron chi connectivity index (χ0n) is 10.4. The molecule has 4 nitrogen and oxygen atoms in total. The van der Waals surface area contributed by atoms with Crippen LogP contribution in [0, 0.1) is 0 Å². The summed E-state index contributed by atoms with van der Waals surface area (Å²) in [5.74, 6) is 0.761. The molecule has 4 heteroatoms. The average Bonchev–Trinajstić information content (AvgIpc) is 2.40. The highest BCUT2D eigenvalue weighted by atomic mass is 16.5. The van der Waals surface area contributed by atoms with E-state index in [1.807, 2.05) is 31.3 Å². The Morgan fingerprint density at radius 1 is 1.28 bits per heavy atom. The molecule has 0 aliphatic carbocycles. The predicted octanol–water partition coefficient (Wildman–Crippen LogP) is 2.12. The number of rotatable bonds is 5. The number of hydrogen-bond donors (Lipinski definition) is 1. The molecule has 0 aliphatic heterocycles. The maximum absolute atomic E-state index is 6.17. The Bertz CT molecular complexity index is 487. The highest BCUT2D eigenvalue weighted by molar-refractivity contribution is 5.27. The van der Waals surface area contributed by atoms with E-state index in [-0.39, 0.29) is 6.04 Å². The molecule has 18 heavy (non-hydrogen) atoms. The topological polar surface area (TPSA) is 61.0 Å². The minimum Gasteiger partial charge on any atom is -0.492 e. The van der Waals surface area contributed by atoms with Crippen molar-refractivity contribution in [2.24, 2.45) is 5.73 Å². The number of nitrogens with zero attached hydrogens (tertiary/aromatic N) is 2. The number of aromatic nitrogens is 2. The second-order valence-electron chi connectivity index (χ2n) is 4.06. The molecule has 0 amide bonds. The van der Waals surface area contributed by atoms with Crippen LogP contribution in [0.1, 0.15) is 24.1 Å². The van der Waals surface area contributed by atoms with Crippen molar-refractivity contribution < 1.29 is 4.74 Å². The molecule has 0 saturated carbocycles. The molecular weight excluding hydrogens is 226 g/mol. The molecule has 2 heterocycles. The third kappa shape index (κ3) is 3.28. The van der Waals surface area contributed by atoms with Crippen molar-refractivity contribution in [2.45, 2.75) is 19.4 Å². The van der Waals surface area contributed by atoms with Crippen molar-refractivity contribution in [3.63, 3.8) is 0 Å². The average molecular weight is 243 g/mol. The molecular formula is C14H17N3O. The summed E-state index contributed by atoms with van der Waals surface area (Å²) < 4.78 is 5.42. The van der Waals surface area contributed by atoms with Gasteiger partial charge in [-0.1, -0.05) is 6.07 Å². The van der Waals surface area contributed by atoms with Crippen molar-refractivity contribution >= 4 is 0 Å². The van der Waals surface area contributed by atoms with Crippen LogP contribution in [-0.2, 0) is 6.42 Å². The van der Waals surface area contributed by atoms with Crippen molar-refractivity contribution in [1.29, 1.82) is 0 Å². The lowest BCUT2D eigenvalue weighted by atomic mass is 10.0. The van der Waals surface area contributed by atoms with Gasteiger partial charge >= 0.3 is 0 Å². The predicted molar refractivity (Wildman–Crippen MR) is 70.3 cm³/mol. The summed E-state index contributed by atoms with van der Waals surface area (Å²) >= 11 is 0. The van der Waals surface area contributed by atoms with E-state index < -0.39 is 0 Å². The normalized spacial score (nSPS) is 12.1. The molecule has 0 radical (unpaired) electrons. The van der Waals surface area contributed by atoms with Crippen LogP contribution >= 0.6 is 0 Å². The van der Waals surface area contributed by atoms with Crippen LogP contribution in [0.25, 0.3) is 0 Å². The Morgan fingerprint density at radius 2 is 2.17 bits per heavy atom. The van der Waals surface area contributed by atoms with E-state index >= 15 is 0 Å². The molecule has 0 spiro atoms. The van der Waals surface area contributed by atoms with Gasteiger partial charge in [0.2, 0.25) is 0 Å². The second-order valence-corrected chi connectivity index (χ2v) is 4.06. The Morgan fingerprint density at radius 3 is 2.89 bits per heavy atom. The van der Waals surface area contributed by atoms with E-state index in [9.17, 15) is 0 Å². The van der Waals surface area contributed by atoms with Gasteiger partial charge in [0, 0.05) is 24.6 Å². The van der Waals surface area contributed by atoms with Gasteiger partial charge in [0.25, 0.3) is 0 Å². The van der Waals surface area contributed by atoms with Gasteiger partial charge in [0.05, 0.1) is 12.8 Å². The van der Waals surface area contributed by atoms with Crippen molar-refractivity contribution in [1.82, 2.24) is 9.97 Å². The van der Waals surface area contributed by atoms with Gasteiger partial charge in [-0.15, -0.1) is 0 Å². The summed E-state index contributed by atoms with van der Waals surface area (Å²) in [6, 6.07) is 5.78. The number of pyridine rings is 2. The number of hydrogen-bond acceptors (Lipinski definition) is 4. The van der Waals surface area contributed by atoms with Crippen LogP contribution in [0.15, 0.2) is 43.0 Å². The monoisotopic (exact) mass is 243 g/mol. The fourth-order valence-electron chi connectivity index (χ4n) is 1.77. The van der Waals surface area contributed by atoms with Crippen molar-refractivity contribution in [3.8, 4) is 5.75 Å². The summed E-state index contributed by atoms with van der Waals surface area (Å²) in [6.45, 7) is 2.57. The van der Waals surface area contributed by atoms with Crippen LogP contribution in [0.2, 0.25) is 0 Å². The van der Waals surface area contributed by atoms with E-state index in [0.717, 1.165) is 23.3 Å². The van der Waals surface area contributed by atoms with Crippen LogP contribution in [-0.4, -0.2) is 16.6 Å². The molecule has 0 saturated heterocycles. The van der Waals surface area contributed by atoms with E-state index in [2.05, 4.69) is 9.97 Å². The molecule has 2 aromatic heterocycles. The van der Waals surface area contributed by atoms with Crippen molar-refractivity contribution in [3.05, 3.63) is 54.1 Å². The van der Waals surface area contributed by atoms with Gasteiger partial charge in [0.1, 0.15) is 5.75 Å². The lowest BCUT2D eigenvalue weighted by Crippen LogP contribution is -2.14. The third-order valence-corrected chi connectivity index (χ3v) is 2.65. The van der Waals surface area contributed by atoms with E-state index in [4.69, 9.17) is 10.5 Å². The molecule has 1 atom stereocenters. The van der Waals surface area contributed by atoms with Gasteiger partial charge in [-0.05, 0) is 36.6 Å². The largest absolute Gasteiger partial charge is 0.492 e. The molecule has 2 N–H and O–H groups in total. The van der Waals surface area contributed by atoms with E-state index in [1.54, 1.807) is 18.6 Å². The first-order valence-corrected chi connectivity index (χ1v) is 6.02. The smallest absolute Gasteiger partial charge is 0.137 e. The van der Waals surface area contributed by atoms with Crippen molar-refractivity contribution in [2.75, 3.05) is 6.61 Å². The molecule has 0 aromatic carbocycles. The summed E-state index contributed by atoms with van der Waals surface area (Å²) in [6.07, 6.45) is 7.81. The standard InChI is InChI=1S/C14H17N3O/c1-2-18-13-7-12(9-17-10-13)14(15)6-11-4-3-5-16-8-11/h3-5,7-10,14H,2,6,15H2,1H3. The lowest BCUT2D eigenvalue weighted by molar-refractivity contribution is 0.338. The van der Waals surface area contributed by atoms with Gasteiger partial charge in [-0.2, -0.15) is 0 Å². The summed E-state index contributed by atoms with van der Waals surface area (Å²) in [5.41, 5.74) is 8.26. The first-order chi connectivity index (χ1) is 8.79. The fourth-order valence-corrected chi connectivity index (χ4v) is 1.77. The molecule has 1 unspecified atom stereocenters. The zero-order chi connectivity index (χ0) is 12.8. The van der Waals surface area contributed by atoms with E-state index in [0.29, 0.717) is 6.61 Å². The third-order valence-electron chi connectivity index (χ3n) is 2.65. The summed E-state index contributed by atoms with van der Waals surface area (Å²) in [5, 5.41) is 0. The van der Waals surface area contributed by atoms with Crippen LogP contribution in [0.3, 0.4) is 0 Å². The SMILES string of the molecule is CCOc1cncc(C(N)Cc2cccnc2)c1. The quantitative estimate of drug-likeness (QED) is 0.873. The van der Waals surface area contributed by atoms with E-state index in [1.165, 1.54) is 0 Å². The number of ether oxygens (including phenoxy) is 1. The van der Waals surface area contributed by atoms with Gasteiger partial charge < -0.3 is 10.5 Å². The van der Waals surface area contributed by atoms with Gasteiger partial charge in [0.15, 0.2) is 0 Å². The highest BCUT2D eigenvalue weighted by Crippen LogP contribution is 2.19. The maximum Gasteiger partial charge on any atom is 0.137 e. The highest BCUT2D eigenvalue weighted by Gasteiger charge is 2.08. The minimum absolute atomic E-state index is 0.0953. The molecule has 0 aliphatic rings. The lowest BCUT2D eigenvalue weighted by Gasteiger charge is -2.12. The first kappa shape index (κ1) is 12.5. The van der Waals surface area contributed by atoms with Crippen LogP contribution < -0.4 is 10.5 Å². The molecule has 94 valence electrons. The Labute approximate surface area is 107 Å². The van der Waals surface area contributed by atoms with Gasteiger partial charge in [-0.25, -0.2) is 0 Å². The van der Waals surface area contributed by atoms with Gasteiger partial charge in [-0.3, -0.25) is 9.97 Å². The summed E-state index contributed by atoms with van der Waals surface area (Å²) in [7, 11) is 0. The molecule has 0 bridgehead atoms. The second kappa shape index (κ2) is 6.12. The molecule has 2 aromatic rings. The molecule has 0 fully saturated rings. The van der Waals surface area contributed by atoms with Crippen LogP contribution in [0.4, 0.5) is 0 Å². The maximum atomic E-state index is 6.17. The Balaban J connectivity index is 2.08. The Kier molecular flexibility index (Phi) is 4.25. The molecule has 2 rings (SSSR count). The Hall–Kier alpha value is -1.94. The number of nitrogens with two attached hydrogens (primary N) is 1. The van der Waals surface area contributed by atoms with Crippen LogP contribution in [0.5, 0.6) is 5.75 Å². The zero-order valence-corrected chi connectivity index (χ0v) is 10.4. The minimum atomic E-state index is -0.0953. The first-order valence-electron chi connectivity index (χ1n) is 6.02. The summed E-state index contributed by atoms with van der Waals surface area (Å²) in [4.78, 5) is 8.23. The fraction of sp³-hybridized carbons (Fsp3) is 0.286.